The lowest BCUT2D eigenvalue weighted by Crippen LogP contribution is -2.62. The first-order valence-corrected chi connectivity index (χ1v) is 18.1. The first-order chi connectivity index (χ1) is 22.5. The van der Waals surface area contributed by atoms with Gasteiger partial charge in [0.15, 0.2) is 0 Å². The number of carbonyl (C=O) groups excluding carboxylic acids is 4. The van der Waals surface area contributed by atoms with Crippen molar-refractivity contribution in [3.05, 3.63) is 35.9 Å². The van der Waals surface area contributed by atoms with Crippen molar-refractivity contribution in [1.29, 1.82) is 0 Å². The Bertz CT molecular complexity index is 1210. The van der Waals surface area contributed by atoms with Crippen molar-refractivity contribution < 1.29 is 24.3 Å². The topological polar surface area (TPSA) is 131 Å². The molecule has 48 heavy (non-hydrogen) atoms. The third-order valence-electron chi connectivity index (χ3n) is 10.1. The summed E-state index contributed by atoms with van der Waals surface area (Å²) < 4.78 is 0. The van der Waals surface area contributed by atoms with Crippen molar-refractivity contribution >= 4 is 23.5 Å². The van der Waals surface area contributed by atoms with Gasteiger partial charge in [-0.2, -0.15) is 0 Å². The molecule has 6 atom stereocenters. The van der Waals surface area contributed by atoms with Gasteiger partial charge in [-0.1, -0.05) is 77.3 Å². The maximum absolute atomic E-state index is 14.2. The molecule has 1 aromatic carbocycles. The highest BCUT2D eigenvalue weighted by atomic mass is 16.3. The molecule has 1 aliphatic carbocycles. The molecular weight excluding hydrogens is 606 g/mol. The molecule has 0 spiro atoms. The highest BCUT2D eigenvalue weighted by molar-refractivity contribution is 5.90. The monoisotopic (exact) mass is 669 g/mol. The number of hydrogen-bond acceptors (Lipinski definition) is 7. The number of aliphatic hydroxyl groups is 1. The van der Waals surface area contributed by atoms with E-state index in [1.54, 1.807) is 0 Å². The van der Waals surface area contributed by atoms with E-state index in [2.05, 4.69) is 20.9 Å². The van der Waals surface area contributed by atoms with Crippen LogP contribution in [0.25, 0.3) is 0 Å². The van der Waals surface area contributed by atoms with Crippen LogP contribution in [0.15, 0.2) is 30.3 Å². The Morgan fingerprint density at radius 3 is 2.17 bits per heavy atom. The lowest BCUT2D eigenvalue weighted by atomic mass is 9.72. The zero-order chi connectivity index (χ0) is 35.6. The second-order valence-electron chi connectivity index (χ2n) is 16.0. The van der Waals surface area contributed by atoms with Crippen molar-refractivity contribution in [3.8, 4) is 0 Å². The molecule has 1 unspecified atom stereocenters. The number of hydrogen-bond donors (Lipinski definition) is 4. The van der Waals surface area contributed by atoms with Gasteiger partial charge in [-0.15, -0.1) is 0 Å². The zero-order valence-electron chi connectivity index (χ0n) is 30.8. The Labute approximate surface area is 289 Å². The normalized spacial score (nSPS) is 22.2. The van der Waals surface area contributed by atoms with Crippen LogP contribution in [0.5, 0.6) is 0 Å². The fraction of sp³-hybridized carbons (Fsp3) is 0.737. The number of fused-ring (bicyclic) bond motifs is 1. The number of benzene rings is 1. The van der Waals surface area contributed by atoms with Gasteiger partial charge in [-0.3, -0.25) is 24.2 Å². The number of β-amino-alcohol motifs (C(OH)–C–C–N with tert-alkyl or cyclic N) is 1. The van der Waals surface area contributed by atoms with Crippen LogP contribution >= 0.6 is 0 Å². The van der Waals surface area contributed by atoms with E-state index < -0.39 is 29.5 Å². The highest BCUT2D eigenvalue weighted by Gasteiger charge is 2.43. The average Bonchev–Trinajstić information content (AvgIpc) is 3.00. The molecule has 1 saturated carbocycles. The van der Waals surface area contributed by atoms with E-state index in [1.807, 2.05) is 83.7 Å². The summed E-state index contributed by atoms with van der Waals surface area (Å²) in [7, 11) is 0. The fourth-order valence-corrected chi connectivity index (χ4v) is 7.63. The van der Waals surface area contributed by atoms with Crippen LogP contribution < -0.4 is 16.0 Å². The van der Waals surface area contributed by atoms with Gasteiger partial charge in [0.25, 0.3) is 0 Å². The lowest BCUT2D eigenvalue weighted by molar-refractivity contribution is -0.135. The Morgan fingerprint density at radius 2 is 1.58 bits per heavy atom. The molecule has 4 N–H and O–H groups in total. The molecule has 0 radical (unpaired) electrons. The molecule has 10 heteroatoms. The quantitative estimate of drug-likeness (QED) is 0.211. The molecule has 1 saturated heterocycles. The summed E-state index contributed by atoms with van der Waals surface area (Å²) in [5.74, 6) is 0.129. The van der Waals surface area contributed by atoms with Crippen LogP contribution in [0.1, 0.15) is 99.5 Å². The van der Waals surface area contributed by atoms with Crippen molar-refractivity contribution in [2.75, 3.05) is 32.7 Å². The largest absolute Gasteiger partial charge is 0.390 e. The molecule has 0 bridgehead atoms. The fourth-order valence-electron chi connectivity index (χ4n) is 7.63. The summed E-state index contributed by atoms with van der Waals surface area (Å²) in [4.78, 5) is 57.4. The summed E-state index contributed by atoms with van der Waals surface area (Å²) >= 11 is 0. The Morgan fingerprint density at radius 1 is 0.958 bits per heavy atom. The number of amides is 3. The SMILES string of the molecule is CCN(CC)CC(=O)N[C@H](C(=O)N[C@@H](Cc1ccccc1)[C@H](O)CN1CC2CCCC[C@H]2C[C@H]1C(=O)NC(C)(C)C)C(C)(C)CC(C)=O. The molecule has 0 aromatic heterocycles. The first-order valence-electron chi connectivity index (χ1n) is 18.1. The second-order valence-corrected chi connectivity index (χ2v) is 16.0. The van der Waals surface area contributed by atoms with Crippen molar-refractivity contribution in [1.82, 2.24) is 25.8 Å². The van der Waals surface area contributed by atoms with Gasteiger partial charge in [-0.05, 0) is 77.4 Å². The van der Waals surface area contributed by atoms with Crippen molar-refractivity contribution in [2.24, 2.45) is 17.3 Å². The van der Waals surface area contributed by atoms with Crippen LogP contribution in [0, 0.1) is 17.3 Å². The highest BCUT2D eigenvalue weighted by Crippen LogP contribution is 2.39. The molecule has 1 aromatic rings. The number of nitrogens with one attached hydrogen (secondary N) is 3. The van der Waals surface area contributed by atoms with Gasteiger partial charge in [0, 0.05) is 30.5 Å². The Hall–Kier alpha value is -2.82. The summed E-state index contributed by atoms with van der Waals surface area (Å²) in [5, 5.41) is 21.2. The standard InChI is InChI=1S/C38H63N5O5/c1-9-42(10-2)25-33(46)40-34(38(7,8)22-26(3)44)36(48)39-30(20-27-16-12-11-13-17-27)32(45)24-43-23-29-19-15-14-18-28(29)21-31(43)35(47)41-37(4,5)6/h11-13,16-17,28-32,34,45H,9-10,14-15,18-25H2,1-8H3,(H,39,48)(H,40,46)(H,41,47)/t28-,29?,30-,31-,32+,34+/m0/s1. The van der Waals surface area contributed by atoms with Crippen LogP contribution in [0.3, 0.4) is 0 Å². The molecule has 2 aliphatic rings. The van der Waals surface area contributed by atoms with Crippen molar-refractivity contribution in [3.63, 3.8) is 0 Å². The van der Waals surface area contributed by atoms with E-state index in [0.717, 1.165) is 31.4 Å². The number of ketones is 1. The van der Waals surface area contributed by atoms with E-state index in [9.17, 15) is 24.3 Å². The van der Waals surface area contributed by atoms with E-state index in [4.69, 9.17) is 0 Å². The van der Waals surface area contributed by atoms with Gasteiger partial charge in [0.05, 0.1) is 24.7 Å². The predicted molar refractivity (Wildman–Crippen MR) is 190 cm³/mol. The molecule has 2 fully saturated rings. The maximum Gasteiger partial charge on any atom is 0.243 e. The minimum absolute atomic E-state index is 0.0238. The van der Waals surface area contributed by atoms with Crippen LogP contribution in [-0.4, -0.2) is 101 Å². The van der Waals surface area contributed by atoms with Gasteiger partial charge >= 0.3 is 0 Å². The second kappa shape index (κ2) is 17.7. The minimum atomic E-state index is -1.00. The number of nitrogens with zero attached hydrogens (tertiary/aromatic N) is 2. The number of Topliss-reactive ketones (excluding diaryl/α,β-unsaturated/α-hetero) is 1. The minimum Gasteiger partial charge on any atom is -0.390 e. The summed E-state index contributed by atoms with van der Waals surface area (Å²) in [6.07, 6.45) is 4.84. The number of aliphatic hydroxyl groups excluding tert-OH is 1. The van der Waals surface area contributed by atoms with Crippen LogP contribution in [0.4, 0.5) is 0 Å². The van der Waals surface area contributed by atoms with E-state index in [0.29, 0.717) is 31.3 Å². The summed E-state index contributed by atoms with van der Waals surface area (Å²) in [5.41, 5.74) is -0.317. The van der Waals surface area contributed by atoms with E-state index in [-0.39, 0.29) is 48.7 Å². The molecule has 3 rings (SSSR count). The van der Waals surface area contributed by atoms with Crippen molar-refractivity contribution in [2.45, 2.75) is 130 Å². The zero-order valence-corrected chi connectivity index (χ0v) is 30.8. The Balaban J connectivity index is 1.90. The molecule has 270 valence electrons. The number of piperidine rings is 1. The van der Waals surface area contributed by atoms with Gasteiger partial charge in [0.1, 0.15) is 11.8 Å². The molecule has 1 heterocycles. The molecular formula is C38H63N5O5. The average molecular weight is 670 g/mol. The van der Waals surface area contributed by atoms with Crippen LogP contribution in [-0.2, 0) is 25.6 Å². The van der Waals surface area contributed by atoms with E-state index in [1.165, 1.54) is 19.8 Å². The number of carbonyl (C=O) groups is 4. The Kier molecular flexibility index (Phi) is 14.6. The third-order valence-corrected chi connectivity index (χ3v) is 10.1. The molecule has 1 aliphatic heterocycles. The van der Waals surface area contributed by atoms with Gasteiger partial charge in [-0.25, -0.2) is 0 Å². The molecule has 10 nitrogen and oxygen atoms in total. The third kappa shape index (κ3) is 11.9. The number of rotatable bonds is 16. The molecule has 3 amide bonds. The smallest absolute Gasteiger partial charge is 0.243 e. The number of likely N-dealkylation sites (tertiary alicyclic amines) is 1. The number of likely N-dealkylation sites (N-methyl/N-ethyl adjacent to an activating group) is 1. The lowest BCUT2D eigenvalue weighted by Gasteiger charge is -2.47. The maximum atomic E-state index is 14.2. The summed E-state index contributed by atoms with van der Waals surface area (Å²) in [6.45, 7) is 17.5. The summed E-state index contributed by atoms with van der Waals surface area (Å²) in [6, 6.07) is 7.62. The first kappa shape index (κ1) is 39.6. The predicted octanol–water partition coefficient (Wildman–Crippen LogP) is 3.70. The van der Waals surface area contributed by atoms with Crippen LogP contribution in [0.2, 0.25) is 0 Å². The van der Waals surface area contributed by atoms with Gasteiger partial charge in [0.2, 0.25) is 17.7 Å². The van der Waals surface area contributed by atoms with E-state index >= 15 is 0 Å². The van der Waals surface area contributed by atoms with Gasteiger partial charge < -0.3 is 25.9 Å².